The molecule has 39 heavy (non-hydrogen) atoms. The smallest absolute Gasteiger partial charge is 0.322 e. The zero-order valence-corrected chi connectivity index (χ0v) is 21.9. The van der Waals surface area contributed by atoms with Gasteiger partial charge < -0.3 is 25.0 Å². The normalized spacial score (nSPS) is 18.9. The van der Waals surface area contributed by atoms with Crippen LogP contribution in [0, 0.1) is 0 Å². The number of carbonyl (C=O) groups excluding carboxylic acids is 2. The second-order valence-electron chi connectivity index (χ2n) is 10.8. The van der Waals surface area contributed by atoms with E-state index in [1.807, 2.05) is 43.0 Å². The van der Waals surface area contributed by atoms with Crippen molar-refractivity contribution in [3.05, 3.63) is 42.4 Å². The number of urea groups is 1. The minimum absolute atomic E-state index is 0.138. The Hall–Kier alpha value is -4.41. The summed E-state index contributed by atoms with van der Waals surface area (Å²) in [4.78, 5) is 42.3. The minimum Gasteiger partial charge on any atom is -0.481 e. The lowest BCUT2D eigenvalue weighted by Crippen LogP contribution is -2.45. The van der Waals surface area contributed by atoms with Crippen LogP contribution >= 0.6 is 0 Å². The van der Waals surface area contributed by atoms with Crippen LogP contribution in [-0.4, -0.2) is 52.6 Å². The maximum atomic E-state index is 12.8. The van der Waals surface area contributed by atoms with Crippen molar-refractivity contribution in [3.8, 4) is 22.8 Å². The predicted octanol–water partition coefficient (Wildman–Crippen LogP) is 4.11. The summed E-state index contributed by atoms with van der Waals surface area (Å²) in [5, 5.41) is 6.26. The molecule has 2 fully saturated rings. The van der Waals surface area contributed by atoms with Crippen LogP contribution in [-0.2, 0) is 10.4 Å². The fourth-order valence-corrected chi connectivity index (χ4v) is 5.32. The molecule has 0 spiro atoms. The number of fused-ring (bicyclic) bond motifs is 4. The summed E-state index contributed by atoms with van der Waals surface area (Å²) in [5.41, 5.74) is 3.87. The molecule has 1 saturated heterocycles. The molecule has 3 amide bonds. The molecular formula is C28H29N7O4. The van der Waals surface area contributed by atoms with Crippen molar-refractivity contribution in [1.82, 2.24) is 20.3 Å². The Morgan fingerprint density at radius 3 is 2.77 bits per heavy atom. The third-order valence-corrected chi connectivity index (χ3v) is 7.45. The highest BCUT2D eigenvalue weighted by Gasteiger charge is 2.36. The van der Waals surface area contributed by atoms with Crippen molar-refractivity contribution in [1.29, 1.82) is 0 Å². The maximum Gasteiger partial charge on any atom is 0.322 e. The third kappa shape index (κ3) is 4.27. The molecule has 0 bridgehead atoms. The molecule has 1 aromatic carbocycles. The van der Waals surface area contributed by atoms with E-state index in [0.29, 0.717) is 48.5 Å². The Morgan fingerprint density at radius 1 is 1.10 bits per heavy atom. The lowest BCUT2D eigenvalue weighted by Gasteiger charge is -2.34. The van der Waals surface area contributed by atoms with E-state index in [1.54, 1.807) is 17.3 Å². The highest BCUT2D eigenvalue weighted by Crippen LogP contribution is 2.46. The summed E-state index contributed by atoms with van der Waals surface area (Å²) < 4.78 is 12.1. The van der Waals surface area contributed by atoms with Gasteiger partial charge in [-0.15, -0.1) is 0 Å². The lowest BCUT2D eigenvalue weighted by atomic mass is 9.91. The summed E-state index contributed by atoms with van der Waals surface area (Å²) in [6, 6.07) is 7.80. The summed E-state index contributed by atoms with van der Waals surface area (Å²) in [6.07, 6.45) is 6.91. The van der Waals surface area contributed by atoms with Crippen LogP contribution in [0.3, 0.4) is 0 Å². The van der Waals surface area contributed by atoms with Crippen molar-refractivity contribution in [3.63, 3.8) is 0 Å². The zero-order chi connectivity index (χ0) is 26.7. The first kappa shape index (κ1) is 23.7. The number of aromatic nitrogens is 3. The Morgan fingerprint density at radius 2 is 1.97 bits per heavy atom. The number of hydrogen-bond acceptors (Lipinski definition) is 8. The fraction of sp³-hybridized carbons (Fsp3) is 0.393. The molecule has 200 valence electrons. The molecule has 0 radical (unpaired) electrons. The Bertz CT molecular complexity index is 1500. The van der Waals surface area contributed by atoms with E-state index in [2.05, 4.69) is 20.6 Å². The summed E-state index contributed by atoms with van der Waals surface area (Å²) >= 11 is 0. The Balaban J connectivity index is 1.17. The predicted molar refractivity (Wildman–Crippen MR) is 145 cm³/mol. The monoisotopic (exact) mass is 527 g/mol. The van der Waals surface area contributed by atoms with E-state index in [9.17, 15) is 9.59 Å². The fourth-order valence-electron chi connectivity index (χ4n) is 5.32. The van der Waals surface area contributed by atoms with Gasteiger partial charge in [0.1, 0.15) is 23.6 Å². The highest BCUT2D eigenvalue weighted by atomic mass is 16.5. The molecular weight excluding hydrogens is 498 g/mol. The first-order valence-electron chi connectivity index (χ1n) is 13.3. The van der Waals surface area contributed by atoms with Crippen LogP contribution in [0.15, 0.2) is 36.7 Å². The molecule has 4 aliphatic rings. The van der Waals surface area contributed by atoms with E-state index < -0.39 is 5.60 Å². The molecule has 0 unspecified atom stereocenters. The van der Waals surface area contributed by atoms with Gasteiger partial charge in [-0.1, -0.05) is 0 Å². The van der Waals surface area contributed by atoms with Crippen molar-refractivity contribution in [2.24, 2.45) is 0 Å². The van der Waals surface area contributed by atoms with Crippen LogP contribution in [0.25, 0.3) is 11.1 Å². The van der Waals surface area contributed by atoms with Gasteiger partial charge in [-0.05, 0) is 51.3 Å². The van der Waals surface area contributed by atoms with Crippen LogP contribution < -0.4 is 29.9 Å². The molecule has 11 heteroatoms. The highest BCUT2D eigenvalue weighted by molar-refractivity contribution is 5.96. The van der Waals surface area contributed by atoms with Crippen molar-refractivity contribution >= 4 is 34.9 Å². The van der Waals surface area contributed by atoms with Gasteiger partial charge in [0.05, 0.1) is 24.1 Å². The van der Waals surface area contributed by atoms with Gasteiger partial charge in [0.2, 0.25) is 17.7 Å². The average molecular weight is 528 g/mol. The van der Waals surface area contributed by atoms with E-state index in [0.717, 1.165) is 48.3 Å². The Kier molecular flexibility index (Phi) is 5.36. The number of rotatable bonds is 4. The molecule has 3 aliphatic heterocycles. The van der Waals surface area contributed by atoms with E-state index in [-0.39, 0.29) is 18.0 Å². The molecule has 11 nitrogen and oxygen atoms in total. The largest absolute Gasteiger partial charge is 0.481 e. The standard InChI is InChI=1S/C28H29N7O4/c1-28(2)24-20(19-8-7-18(13-22(19)39-28)34-9-3-4-23(34)36)15-30-26(33-24)31-17-12-21-25(29-14-17)38-11-10-35(21)27(37)32-16-5-6-16/h7-8,12-16H,3-6,9-11H2,1-2H3,(H,32,37)(H,30,31,33). The quantitative estimate of drug-likeness (QED) is 0.520. The van der Waals surface area contributed by atoms with Gasteiger partial charge in [0.25, 0.3) is 0 Å². The van der Waals surface area contributed by atoms with Gasteiger partial charge in [0.15, 0.2) is 0 Å². The third-order valence-electron chi connectivity index (χ3n) is 7.45. The first-order valence-corrected chi connectivity index (χ1v) is 13.3. The number of ether oxygens (including phenoxy) is 2. The number of nitrogens with zero attached hydrogens (tertiary/aromatic N) is 5. The van der Waals surface area contributed by atoms with Gasteiger partial charge in [-0.2, -0.15) is 0 Å². The molecule has 2 N–H and O–H groups in total. The van der Waals surface area contributed by atoms with Crippen LogP contribution in [0.4, 0.5) is 27.8 Å². The minimum atomic E-state index is -0.727. The molecule has 1 saturated carbocycles. The Labute approximate surface area is 225 Å². The van der Waals surface area contributed by atoms with E-state index >= 15 is 0 Å². The van der Waals surface area contributed by atoms with Gasteiger partial charge in [0, 0.05) is 48.1 Å². The van der Waals surface area contributed by atoms with Crippen molar-refractivity contribution < 1.29 is 19.1 Å². The number of nitrogens with one attached hydrogen (secondary N) is 2. The maximum absolute atomic E-state index is 12.8. The summed E-state index contributed by atoms with van der Waals surface area (Å²) in [6.45, 7) is 5.50. The van der Waals surface area contributed by atoms with Crippen LogP contribution in [0.2, 0.25) is 0 Å². The van der Waals surface area contributed by atoms with Crippen molar-refractivity contribution in [2.45, 2.75) is 51.2 Å². The van der Waals surface area contributed by atoms with Gasteiger partial charge in [-0.25, -0.2) is 19.7 Å². The molecule has 0 atom stereocenters. The van der Waals surface area contributed by atoms with Gasteiger partial charge >= 0.3 is 6.03 Å². The molecule has 7 rings (SSSR count). The SMILES string of the molecule is CC1(C)Oc2cc(N3CCCC3=O)ccc2-c2cnc(Nc3cnc4c(c3)N(C(=O)NC3CC3)CCO4)nc21. The number of amides is 3. The molecule has 2 aromatic heterocycles. The van der Waals surface area contributed by atoms with Gasteiger partial charge in [-0.3, -0.25) is 9.69 Å². The number of carbonyl (C=O) groups is 2. The summed E-state index contributed by atoms with van der Waals surface area (Å²) in [7, 11) is 0. The molecule has 5 heterocycles. The van der Waals surface area contributed by atoms with E-state index in [1.165, 1.54) is 0 Å². The molecule has 1 aliphatic carbocycles. The first-order chi connectivity index (χ1) is 18.9. The van der Waals surface area contributed by atoms with Crippen molar-refractivity contribution in [2.75, 3.05) is 34.8 Å². The average Bonchev–Trinajstić information content (AvgIpc) is 3.64. The number of hydrogen-bond donors (Lipinski definition) is 2. The van der Waals surface area contributed by atoms with E-state index in [4.69, 9.17) is 14.5 Å². The number of benzene rings is 1. The number of pyridine rings is 1. The second kappa shape index (κ2) is 8.82. The second-order valence-corrected chi connectivity index (χ2v) is 10.8. The topological polar surface area (TPSA) is 122 Å². The molecule has 3 aromatic rings. The summed E-state index contributed by atoms with van der Waals surface area (Å²) in [5.74, 6) is 1.66. The number of anilines is 4. The van der Waals surface area contributed by atoms with Crippen LogP contribution in [0.1, 0.15) is 45.2 Å². The van der Waals surface area contributed by atoms with Crippen LogP contribution in [0.5, 0.6) is 11.6 Å². The lowest BCUT2D eigenvalue weighted by molar-refractivity contribution is -0.117. The zero-order valence-electron chi connectivity index (χ0n) is 21.9.